The van der Waals surface area contributed by atoms with Crippen molar-refractivity contribution in [3.05, 3.63) is 66.0 Å². The number of aromatic nitrogens is 1. The molecule has 2 aromatic rings. The minimum atomic E-state index is -0.250. The lowest BCUT2D eigenvalue weighted by Crippen LogP contribution is -2.42. The zero-order valence-corrected chi connectivity index (χ0v) is 11.3. The quantitative estimate of drug-likeness (QED) is 0.843. The number of hydrogen-bond donors (Lipinski definition) is 1. The van der Waals surface area contributed by atoms with Gasteiger partial charge in [0.1, 0.15) is 0 Å². The average Bonchev–Trinajstić information content (AvgIpc) is 2.43. The predicted octanol–water partition coefficient (Wildman–Crippen LogP) is 3.34. The minimum absolute atomic E-state index is 0.0455. The van der Waals surface area contributed by atoms with Crippen molar-refractivity contribution >= 4 is 10.8 Å². The lowest BCUT2D eigenvalue weighted by Gasteiger charge is -2.34. The number of nitrogens with two attached hydrogens (primary N) is 1. The molecule has 0 radical (unpaired) electrons. The highest BCUT2D eigenvalue weighted by molar-refractivity contribution is 5.85. The number of benzene rings is 1. The highest BCUT2D eigenvalue weighted by Gasteiger charge is 2.34. The van der Waals surface area contributed by atoms with Crippen LogP contribution in [-0.4, -0.2) is 11.0 Å². The molecule has 0 amide bonds. The van der Waals surface area contributed by atoms with Gasteiger partial charge in [0.15, 0.2) is 0 Å². The lowest BCUT2D eigenvalue weighted by molar-refractivity contribution is 0.507. The van der Waals surface area contributed by atoms with Gasteiger partial charge in [0.2, 0.25) is 0 Å². The van der Waals surface area contributed by atoms with Gasteiger partial charge < -0.3 is 5.73 Å². The molecule has 1 aliphatic carbocycles. The van der Waals surface area contributed by atoms with Crippen LogP contribution in [0.1, 0.15) is 19.5 Å². The molecule has 19 heavy (non-hydrogen) atoms. The number of allylic oxidation sites excluding steroid dienone is 2. The second kappa shape index (κ2) is 4.32. The van der Waals surface area contributed by atoms with Crippen molar-refractivity contribution in [2.45, 2.75) is 25.3 Å². The average molecular weight is 250 g/mol. The lowest BCUT2D eigenvalue weighted by atomic mass is 9.74. The summed E-state index contributed by atoms with van der Waals surface area (Å²) in [5.74, 6) is 0. The van der Waals surface area contributed by atoms with E-state index in [0.29, 0.717) is 0 Å². The Hall–Kier alpha value is -1.93. The Morgan fingerprint density at radius 1 is 1.21 bits per heavy atom. The van der Waals surface area contributed by atoms with Crippen LogP contribution in [0.4, 0.5) is 0 Å². The molecule has 0 spiro atoms. The number of rotatable bonds is 1. The molecule has 0 aliphatic heterocycles. The van der Waals surface area contributed by atoms with Gasteiger partial charge in [-0.3, -0.25) is 4.98 Å². The number of hydrogen-bond acceptors (Lipinski definition) is 2. The first-order chi connectivity index (χ1) is 9.11. The third-order valence-corrected chi connectivity index (χ3v) is 4.01. The molecule has 0 saturated heterocycles. The van der Waals surface area contributed by atoms with E-state index in [2.05, 4.69) is 61.3 Å². The molecule has 2 unspecified atom stereocenters. The predicted molar refractivity (Wildman–Crippen MR) is 80.0 cm³/mol. The molecule has 0 bridgehead atoms. The van der Waals surface area contributed by atoms with Crippen LogP contribution in [0.5, 0.6) is 0 Å². The molecule has 1 aromatic carbocycles. The smallest absolute Gasteiger partial charge is 0.0597 e. The molecule has 0 fully saturated rings. The van der Waals surface area contributed by atoms with E-state index in [4.69, 9.17) is 5.73 Å². The van der Waals surface area contributed by atoms with Gasteiger partial charge >= 0.3 is 0 Å². The summed E-state index contributed by atoms with van der Waals surface area (Å²) in [5.41, 5.74) is 8.38. The summed E-state index contributed by atoms with van der Waals surface area (Å²) in [4.78, 5) is 4.62. The van der Waals surface area contributed by atoms with E-state index in [1.54, 1.807) is 0 Å². The van der Waals surface area contributed by atoms with Crippen molar-refractivity contribution in [2.24, 2.45) is 5.73 Å². The first-order valence-electron chi connectivity index (χ1n) is 6.59. The second-order valence-corrected chi connectivity index (χ2v) is 5.43. The van der Waals surface area contributed by atoms with Crippen LogP contribution < -0.4 is 5.73 Å². The molecule has 1 aromatic heterocycles. The highest BCUT2D eigenvalue weighted by Crippen LogP contribution is 2.35. The fraction of sp³-hybridized carbons (Fsp3) is 0.235. The standard InChI is InChI=1S/C17H18N2/c1-12-7-9-17(2,15(18)11-12)16-14-6-4-3-5-13(14)8-10-19-16/h3-11,15H,18H2,1-2H3. The van der Waals surface area contributed by atoms with E-state index in [9.17, 15) is 0 Å². The first kappa shape index (κ1) is 12.1. The van der Waals surface area contributed by atoms with E-state index in [1.807, 2.05) is 12.3 Å². The van der Waals surface area contributed by atoms with Gasteiger partial charge in [-0.25, -0.2) is 0 Å². The molecule has 2 N–H and O–H groups in total. The highest BCUT2D eigenvalue weighted by atomic mass is 14.8. The Balaban J connectivity index is 2.22. The molecular formula is C17H18N2. The Bertz CT molecular complexity index is 679. The third kappa shape index (κ3) is 1.89. The monoisotopic (exact) mass is 250 g/mol. The van der Waals surface area contributed by atoms with Crippen molar-refractivity contribution in [3.8, 4) is 0 Å². The molecule has 0 saturated carbocycles. The first-order valence-corrected chi connectivity index (χ1v) is 6.59. The van der Waals surface area contributed by atoms with Crippen LogP contribution in [0.25, 0.3) is 10.8 Å². The zero-order chi connectivity index (χ0) is 13.5. The number of nitrogens with zero attached hydrogens (tertiary/aromatic N) is 1. The van der Waals surface area contributed by atoms with Crippen molar-refractivity contribution < 1.29 is 0 Å². The van der Waals surface area contributed by atoms with Crippen molar-refractivity contribution in [1.29, 1.82) is 0 Å². The summed E-state index contributed by atoms with van der Waals surface area (Å²) in [6, 6.07) is 10.3. The van der Waals surface area contributed by atoms with Gasteiger partial charge in [-0.05, 0) is 25.3 Å². The molecule has 2 atom stereocenters. The number of fused-ring (bicyclic) bond motifs is 1. The van der Waals surface area contributed by atoms with Gasteiger partial charge in [0, 0.05) is 23.0 Å². The fourth-order valence-corrected chi connectivity index (χ4v) is 2.71. The summed E-state index contributed by atoms with van der Waals surface area (Å²) in [6.07, 6.45) is 8.30. The van der Waals surface area contributed by atoms with Crippen LogP contribution in [0.2, 0.25) is 0 Å². The van der Waals surface area contributed by atoms with E-state index in [0.717, 1.165) is 5.69 Å². The van der Waals surface area contributed by atoms with Gasteiger partial charge in [-0.2, -0.15) is 0 Å². The Morgan fingerprint density at radius 2 is 2.00 bits per heavy atom. The minimum Gasteiger partial charge on any atom is -0.323 e. The topological polar surface area (TPSA) is 38.9 Å². The van der Waals surface area contributed by atoms with Crippen molar-refractivity contribution in [2.75, 3.05) is 0 Å². The molecule has 2 heteroatoms. The largest absolute Gasteiger partial charge is 0.323 e. The van der Waals surface area contributed by atoms with E-state index in [-0.39, 0.29) is 11.5 Å². The van der Waals surface area contributed by atoms with Crippen LogP contribution in [0, 0.1) is 0 Å². The zero-order valence-electron chi connectivity index (χ0n) is 11.3. The SMILES string of the molecule is CC1=CC(N)C(C)(c2nccc3ccccc23)C=C1. The van der Waals surface area contributed by atoms with Crippen molar-refractivity contribution in [1.82, 2.24) is 4.98 Å². The molecule has 96 valence electrons. The van der Waals surface area contributed by atoms with Gasteiger partial charge in [0.25, 0.3) is 0 Å². The summed E-state index contributed by atoms with van der Waals surface area (Å²) >= 11 is 0. The normalized spacial score (nSPS) is 26.5. The maximum atomic E-state index is 6.36. The Labute approximate surface area is 113 Å². The second-order valence-electron chi connectivity index (χ2n) is 5.43. The molecule has 1 aliphatic rings. The molecular weight excluding hydrogens is 232 g/mol. The van der Waals surface area contributed by atoms with E-state index in [1.165, 1.54) is 16.3 Å². The maximum Gasteiger partial charge on any atom is 0.0597 e. The van der Waals surface area contributed by atoms with E-state index < -0.39 is 0 Å². The van der Waals surface area contributed by atoms with E-state index >= 15 is 0 Å². The molecule has 1 heterocycles. The van der Waals surface area contributed by atoms with Gasteiger partial charge in [0.05, 0.1) is 5.69 Å². The maximum absolute atomic E-state index is 6.36. The summed E-state index contributed by atoms with van der Waals surface area (Å²) < 4.78 is 0. The summed E-state index contributed by atoms with van der Waals surface area (Å²) in [5, 5.41) is 2.39. The summed E-state index contributed by atoms with van der Waals surface area (Å²) in [7, 11) is 0. The molecule has 3 rings (SSSR count). The fourth-order valence-electron chi connectivity index (χ4n) is 2.71. The van der Waals surface area contributed by atoms with Gasteiger partial charge in [-0.1, -0.05) is 48.1 Å². The summed E-state index contributed by atoms with van der Waals surface area (Å²) in [6.45, 7) is 4.23. The Kier molecular flexibility index (Phi) is 2.76. The van der Waals surface area contributed by atoms with Crippen LogP contribution in [0.3, 0.4) is 0 Å². The Morgan fingerprint density at radius 3 is 2.79 bits per heavy atom. The molecule has 2 nitrogen and oxygen atoms in total. The van der Waals surface area contributed by atoms with Gasteiger partial charge in [-0.15, -0.1) is 0 Å². The third-order valence-electron chi connectivity index (χ3n) is 4.01. The van der Waals surface area contributed by atoms with Crippen LogP contribution >= 0.6 is 0 Å². The van der Waals surface area contributed by atoms with Crippen LogP contribution in [0.15, 0.2) is 60.3 Å². The number of pyridine rings is 1. The van der Waals surface area contributed by atoms with Crippen molar-refractivity contribution in [3.63, 3.8) is 0 Å². The van der Waals surface area contributed by atoms with Crippen LogP contribution in [-0.2, 0) is 5.41 Å².